The zero-order valence-electron chi connectivity index (χ0n) is 9.96. The molecule has 1 aromatic heterocycles. The van der Waals surface area contributed by atoms with E-state index in [0.29, 0.717) is 19.0 Å². The third-order valence-electron chi connectivity index (χ3n) is 3.21. The molecule has 0 bridgehead atoms. The Morgan fingerprint density at radius 2 is 1.94 bits per heavy atom. The van der Waals surface area contributed by atoms with Crippen molar-refractivity contribution in [2.24, 2.45) is 5.92 Å². The highest BCUT2D eigenvalue weighted by atomic mass is 19.4. The van der Waals surface area contributed by atoms with Gasteiger partial charge in [-0.25, -0.2) is 0 Å². The summed E-state index contributed by atoms with van der Waals surface area (Å²) in [5.74, 6) is -0.703. The summed E-state index contributed by atoms with van der Waals surface area (Å²) in [6.45, 7) is 1.99. The molecule has 1 aliphatic rings. The Bertz CT molecular complexity index is 431. The van der Waals surface area contributed by atoms with Crippen molar-refractivity contribution in [1.82, 2.24) is 0 Å². The Labute approximate surface area is 103 Å². The molecule has 0 aliphatic carbocycles. The molecule has 6 heteroatoms. The Morgan fingerprint density at radius 1 is 1.33 bits per heavy atom. The fourth-order valence-corrected chi connectivity index (χ4v) is 2.11. The Balaban J connectivity index is 1.99. The van der Waals surface area contributed by atoms with E-state index >= 15 is 0 Å². The van der Waals surface area contributed by atoms with Gasteiger partial charge in [-0.15, -0.1) is 0 Å². The van der Waals surface area contributed by atoms with Crippen LogP contribution in [-0.2, 0) is 0 Å². The van der Waals surface area contributed by atoms with Crippen LogP contribution in [0.15, 0.2) is 16.5 Å². The second-order valence-corrected chi connectivity index (χ2v) is 4.50. The minimum Gasteiger partial charge on any atom is -0.437 e. The van der Waals surface area contributed by atoms with Crippen molar-refractivity contribution in [3.63, 3.8) is 0 Å². The van der Waals surface area contributed by atoms with Gasteiger partial charge in [-0.3, -0.25) is 4.79 Å². The summed E-state index contributed by atoms with van der Waals surface area (Å²) in [5.41, 5.74) is 0. The number of piperidine rings is 1. The van der Waals surface area contributed by atoms with E-state index in [1.807, 2.05) is 0 Å². The molecule has 0 spiro atoms. The number of hydrogen-bond acceptors (Lipinski definition) is 3. The third-order valence-corrected chi connectivity index (χ3v) is 3.21. The van der Waals surface area contributed by atoms with E-state index in [0.717, 1.165) is 0 Å². The van der Waals surface area contributed by atoms with E-state index in [1.165, 1.54) is 6.92 Å². The topological polar surface area (TPSA) is 33.5 Å². The van der Waals surface area contributed by atoms with Crippen molar-refractivity contribution in [1.29, 1.82) is 0 Å². The fraction of sp³-hybridized carbons (Fsp3) is 0.583. The lowest BCUT2D eigenvalue weighted by atomic mass is 9.96. The number of ketones is 1. The molecule has 0 saturated carbocycles. The molecule has 3 nitrogen and oxygen atoms in total. The normalized spacial score (nSPS) is 18.1. The van der Waals surface area contributed by atoms with Gasteiger partial charge in [-0.2, -0.15) is 13.2 Å². The second kappa shape index (κ2) is 4.66. The lowest BCUT2D eigenvalue weighted by molar-refractivity contribution is -0.179. The molecule has 0 aromatic carbocycles. The molecular weight excluding hydrogens is 247 g/mol. The maximum atomic E-state index is 12.5. The number of rotatable bonds is 2. The van der Waals surface area contributed by atoms with Gasteiger partial charge in [-0.05, 0) is 18.9 Å². The number of nitrogens with zero attached hydrogens (tertiary/aromatic N) is 1. The first-order chi connectivity index (χ1) is 8.38. The van der Waals surface area contributed by atoms with E-state index in [1.54, 1.807) is 17.0 Å². The Kier molecular flexibility index (Phi) is 3.36. The smallest absolute Gasteiger partial charge is 0.391 e. The zero-order chi connectivity index (χ0) is 13.3. The zero-order valence-corrected chi connectivity index (χ0v) is 9.96. The van der Waals surface area contributed by atoms with Crippen molar-refractivity contribution < 1.29 is 22.4 Å². The number of Topliss-reactive ketones (excluding diaryl/α,β-unsaturated/α-hetero) is 1. The summed E-state index contributed by atoms with van der Waals surface area (Å²) in [6.07, 6.45) is -3.97. The van der Waals surface area contributed by atoms with Crippen LogP contribution in [0.3, 0.4) is 0 Å². The monoisotopic (exact) mass is 261 g/mol. The van der Waals surface area contributed by atoms with Crippen molar-refractivity contribution >= 4 is 11.7 Å². The highest BCUT2D eigenvalue weighted by Crippen LogP contribution is 2.35. The van der Waals surface area contributed by atoms with Crippen LogP contribution in [0, 0.1) is 5.92 Å². The van der Waals surface area contributed by atoms with Gasteiger partial charge >= 0.3 is 6.18 Å². The lowest BCUT2D eigenvalue weighted by Crippen LogP contribution is -2.38. The molecule has 1 aromatic rings. The standard InChI is InChI=1S/C12H14F3NO2/c1-8(17)10-2-3-11(18-10)16-6-4-9(5-7-16)12(13,14)15/h2-3,9H,4-7H2,1H3. The first-order valence-electron chi connectivity index (χ1n) is 5.80. The van der Waals surface area contributed by atoms with Crippen molar-refractivity contribution in [2.45, 2.75) is 25.9 Å². The molecule has 100 valence electrons. The maximum absolute atomic E-state index is 12.5. The van der Waals surface area contributed by atoms with Crippen LogP contribution in [-0.4, -0.2) is 25.0 Å². The quantitative estimate of drug-likeness (QED) is 0.766. The molecule has 1 aliphatic heterocycles. The summed E-state index contributed by atoms with van der Waals surface area (Å²) >= 11 is 0. The van der Waals surface area contributed by atoms with Crippen LogP contribution >= 0.6 is 0 Å². The average Bonchev–Trinajstić information content (AvgIpc) is 2.77. The van der Waals surface area contributed by atoms with Crippen LogP contribution in [0.25, 0.3) is 0 Å². The molecule has 0 radical (unpaired) electrons. The van der Waals surface area contributed by atoms with Gasteiger partial charge < -0.3 is 9.32 Å². The molecule has 0 atom stereocenters. The predicted molar refractivity (Wildman–Crippen MR) is 59.7 cm³/mol. The molecule has 18 heavy (non-hydrogen) atoms. The first kappa shape index (κ1) is 13.0. The number of carbonyl (C=O) groups is 1. The highest BCUT2D eigenvalue weighted by Gasteiger charge is 2.41. The van der Waals surface area contributed by atoms with Gasteiger partial charge in [0.1, 0.15) is 0 Å². The van der Waals surface area contributed by atoms with E-state index in [9.17, 15) is 18.0 Å². The van der Waals surface area contributed by atoms with Crippen LogP contribution in [0.2, 0.25) is 0 Å². The van der Waals surface area contributed by atoms with E-state index in [-0.39, 0.29) is 24.4 Å². The van der Waals surface area contributed by atoms with Gasteiger partial charge in [0.2, 0.25) is 0 Å². The average molecular weight is 261 g/mol. The van der Waals surface area contributed by atoms with Gasteiger partial charge in [0.15, 0.2) is 17.4 Å². The van der Waals surface area contributed by atoms with Gasteiger partial charge in [0.05, 0.1) is 5.92 Å². The van der Waals surface area contributed by atoms with Crippen molar-refractivity contribution in [2.75, 3.05) is 18.0 Å². The molecule has 1 saturated heterocycles. The van der Waals surface area contributed by atoms with Crippen molar-refractivity contribution in [3.05, 3.63) is 17.9 Å². The van der Waals surface area contributed by atoms with E-state index in [2.05, 4.69) is 0 Å². The summed E-state index contributed by atoms with van der Waals surface area (Å²) in [7, 11) is 0. The molecular formula is C12H14F3NO2. The van der Waals surface area contributed by atoms with Crippen LogP contribution < -0.4 is 4.90 Å². The molecule has 0 unspecified atom stereocenters. The lowest BCUT2D eigenvalue weighted by Gasteiger charge is -2.32. The highest BCUT2D eigenvalue weighted by molar-refractivity contribution is 5.91. The Morgan fingerprint density at radius 3 is 2.39 bits per heavy atom. The summed E-state index contributed by atoms with van der Waals surface area (Å²) in [5, 5.41) is 0. The van der Waals surface area contributed by atoms with Crippen LogP contribution in [0.4, 0.5) is 19.1 Å². The number of halogens is 3. The predicted octanol–water partition coefficient (Wildman–Crippen LogP) is 3.26. The fourth-order valence-electron chi connectivity index (χ4n) is 2.11. The number of alkyl halides is 3. The van der Waals surface area contributed by atoms with Gasteiger partial charge in [-0.1, -0.05) is 0 Å². The third kappa shape index (κ3) is 2.68. The summed E-state index contributed by atoms with van der Waals surface area (Å²) in [6, 6.07) is 3.18. The largest absolute Gasteiger partial charge is 0.437 e. The minimum atomic E-state index is -4.11. The number of carbonyl (C=O) groups excluding carboxylic acids is 1. The van der Waals surface area contributed by atoms with Crippen LogP contribution in [0.1, 0.15) is 30.3 Å². The number of hydrogen-bond donors (Lipinski definition) is 0. The summed E-state index contributed by atoms with van der Waals surface area (Å²) in [4.78, 5) is 12.8. The van der Waals surface area contributed by atoms with Crippen molar-refractivity contribution in [3.8, 4) is 0 Å². The SMILES string of the molecule is CC(=O)c1ccc(N2CCC(C(F)(F)F)CC2)o1. The van der Waals surface area contributed by atoms with E-state index in [4.69, 9.17) is 4.42 Å². The molecule has 2 heterocycles. The van der Waals surface area contributed by atoms with Gasteiger partial charge in [0, 0.05) is 26.1 Å². The second-order valence-electron chi connectivity index (χ2n) is 4.50. The molecule has 0 N–H and O–H groups in total. The van der Waals surface area contributed by atoms with Crippen LogP contribution in [0.5, 0.6) is 0 Å². The summed E-state index contributed by atoms with van der Waals surface area (Å²) < 4.78 is 42.8. The first-order valence-corrected chi connectivity index (χ1v) is 5.80. The number of furan rings is 1. The molecule has 0 amide bonds. The molecule has 2 rings (SSSR count). The molecule has 1 fully saturated rings. The Hall–Kier alpha value is -1.46. The minimum absolute atomic E-state index is 0.0691. The maximum Gasteiger partial charge on any atom is 0.391 e. The van der Waals surface area contributed by atoms with E-state index < -0.39 is 12.1 Å². The van der Waals surface area contributed by atoms with Gasteiger partial charge in [0.25, 0.3) is 0 Å². The number of anilines is 1.